The van der Waals surface area contributed by atoms with Gasteiger partial charge in [0.15, 0.2) is 0 Å². The Kier molecular flexibility index (Phi) is 5.22. The highest BCUT2D eigenvalue weighted by Crippen LogP contribution is 2.16. The minimum atomic E-state index is -1.29. The van der Waals surface area contributed by atoms with E-state index < -0.39 is 17.4 Å². The lowest BCUT2D eigenvalue weighted by Gasteiger charge is -2.35. The molecule has 2 N–H and O–H groups in total. The molecule has 0 aliphatic heterocycles. The van der Waals surface area contributed by atoms with Crippen molar-refractivity contribution in [3.63, 3.8) is 0 Å². The van der Waals surface area contributed by atoms with Gasteiger partial charge in [-0.25, -0.2) is 4.79 Å². The van der Waals surface area contributed by atoms with E-state index in [0.29, 0.717) is 6.42 Å². The van der Waals surface area contributed by atoms with Crippen molar-refractivity contribution in [1.29, 1.82) is 0 Å². The smallest absolute Gasteiger partial charge is 0.412 e. The van der Waals surface area contributed by atoms with Crippen molar-refractivity contribution in [2.45, 2.75) is 52.4 Å². The van der Waals surface area contributed by atoms with Gasteiger partial charge < -0.3 is 14.9 Å². The molecule has 0 unspecified atom stereocenters. The number of aliphatic hydroxyl groups is 2. The highest BCUT2D eigenvalue weighted by molar-refractivity contribution is 5.68. The van der Waals surface area contributed by atoms with Crippen LogP contribution < -0.4 is 0 Å². The molecule has 96 valence electrons. The van der Waals surface area contributed by atoms with E-state index in [1.165, 1.54) is 18.7 Å². The van der Waals surface area contributed by atoms with Crippen molar-refractivity contribution in [3.8, 4) is 0 Å². The summed E-state index contributed by atoms with van der Waals surface area (Å²) in [6.07, 6.45) is -0.170. The van der Waals surface area contributed by atoms with Gasteiger partial charge >= 0.3 is 6.09 Å². The van der Waals surface area contributed by atoms with E-state index in [9.17, 15) is 9.90 Å². The average molecular weight is 233 g/mol. The molecule has 16 heavy (non-hydrogen) atoms. The third-order valence-electron chi connectivity index (χ3n) is 1.81. The molecule has 5 heteroatoms. The van der Waals surface area contributed by atoms with Crippen molar-refractivity contribution < 1.29 is 19.7 Å². The molecule has 0 heterocycles. The number of rotatable bonds is 4. The Labute approximate surface area is 97.0 Å². The zero-order valence-corrected chi connectivity index (χ0v) is 10.8. The van der Waals surface area contributed by atoms with Crippen LogP contribution in [0.5, 0.6) is 0 Å². The minimum Gasteiger partial charge on any atom is -0.444 e. The summed E-state index contributed by atoms with van der Waals surface area (Å²) in [5.41, 5.74) is -1.89. The van der Waals surface area contributed by atoms with Gasteiger partial charge in [0.25, 0.3) is 0 Å². The predicted octanol–water partition coefficient (Wildman–Crippen LogP) is 1.33. The normalized spacial score (nSPS) is 12.4. The molecule has 0 radical (unpaired) electrons. The zero-order chi connectivity index (χ0) is 13.0. The molecule has 0 atom stereocenters. The first-order valence-electron chi connectivity index (χ1n) is 5.42. The largest absolute Gasteiger partial charge is 0.444 e. The van der Waals surface area contributed by atoms with Gasteiger partial charge in [0.05, 0.1) is 0 Å². The van der Waals surface area contributed by atoms with Crippen molar-refractivity contribution >= 4 is 6.09 Å². The van der Waals surface area contributed by atoms with Crippen LogP contribution in [-0.2, 0) is 4.74 Å². The predicted molar refractivity (Wildman–Crippen MR) is 60.9 cm³/mol. The Morgan fingerprint density at radius 2 is 1.75 bits per heavy atom. The second-order valence-corrected chi connectivity index (χ2v) is 5.20. The van der Waals surface area contributed by atoms with Gasteiger partial charge in [-0.3, -0.25) is 4.90 Å². The second kappa shape index (κ2) is 5.50. The Balaban J connectivity index is 4.58. The number of nitrogens with zero attached hydrogens (tertiary/aromatic N) is 1. The standard InChI is InChI=1S/C11H23NO4/c1-10(2,3)16-9(14)12(7-6-8-13)11(4,5)15/h13,15H,6-8H2,1-5H3. The summed E-state index contributed by atoms with van der Waals surface area (Å²) in [6.45, 7) is 8.53. The van der Waals surface area contributed by atoms with Gasteiger partial charge in [0.1, 0.15) is 11.3 Å². The van der Waals surface area contributed by atoms with Crippen molar-refractivity contribution in [1.82, 2.24) is 4.90 Å². The van der Waals surface area contributed by atoms with E-state index in [-0.39, 0.29) is 13.2 Å². The number of hydrogen-bond acceptors (Lipinski definition) is 4. The van der Waals surface area contributed by atoms with Crippen LogP contribution in [0.1, 0.15) is 41.0 Å². The van der Waals surface area contributed by atoms with Crippen LogP contribution in [0.4, 0.5) is 4.79 Å². The van der Waals surface area contributed by atoms with E-state index in [1.807, 2.05) is 0 Å². The van der Waals surface area contributed by atoms with Gasteiger partial charge in [0, 0.05) is 13.2 Å². The molecule has 0 aromatic heterocycles. The monoisotopic (exact) mass is 233 g/mol. The van der Waals surface area contributed by atoms with Crippen molar-refractivity contribution in [2.75, 3.05) is 13.2 Å². The fraction of sp³-hybridized carbons (Fsp3) is 0.909. The summed E-state index contributed by atoms with van der Waals surface area (Å²) in [7, 11) is 0. The molecule has 5 nitrogen and oxygen atoms in total. The van der Waals surface area contributed by atoms with Crippen LogP contribution >= 0.6 is 0 Å². The molecule has 0 aromatic rings. The van der Waals surface area contributed by atoms with E-state index >= 15 is 0 Å². The lowest BCUT2D eigenvalue weighted by molar-refractivity contribution is -0.0834. The Morgan fingerprint density at radius 1 is 1.25 bits per heavy atom. The number of carbonyl (C=O) groups is 1. The van der Waals surface area contributed by atoms with Crippen LogP contribution in [0.2, 0.25) is 0 Å². The van der Waals surface area contributed by atoms with Crippen LogP contribution in [-0.4, -0.2) is 45.7 Å². The quantitative estimate of drug-likeness (QED) is 0.719. The number of carbonyl (C=O) groups excluding carboxylic acids is 1. The van der Waals surface area contributed by atoms with E-state index in [0.717, 1.165) is 0 Å². The first-order valence-corrected chi connectivity index (χ1v) is 5.42. The first-order chi connectivity index (χ1) is 7.08. The molecule has 0 saturated carbocycles. The molecule has 0 rings (SSSR count). The second-order valence-electron chi connectivity index (χ2n) is 5.20. The fourth-order valence-electron chi connectivity index (χ4n) is 1.13. The average Bonchev–Trinajstić information content (AvgIpc) is 1.98. The summed E-state index contributed by atoms with van der Waals surface area (Å²) in [4.78, 5) is 13.0. The van der Waals surface area contributed by atoms with Gasteiger partial charge in [-0.1, -0.05) is 0 Å². The maximum absolute atomic E-state index is 11.8. The summed E-state index contributed by atoms with van der Waals surface area (Å²) < 4.78 is 5.17. The first kappa shape index (κ1) is 15.2. The summed E-state index contributed by atoms with van der Waals surface area (Å²) in [5, 5.41) is 18.5. The summed E-state index contributed by atoms with van der Waals surface area (Å²) >= 11 is 0. The lowest BCUT2D eigenvalue weighted by Crippen LogP contribution is -2.50. The Morgan fingerprint density at radius 3 is 2.06 bits per heavy atom. The van der Waals surface area contributed by atoms with Crippen LogP contribution in [0, 0.1) is 0 Å². The van der Waals surface area contributed by atoms with Gasteiger partial charge in [-0.15, -0.1) is 0 Å². The van der Waals surface area contributed by atoms with Gasteiger partial charge in [-0.05, 0) is 41.0 Å². The SMILES string of the molecule is CC(C)(C)OC(=O)N(CCCO)C(C)(C)O. The molecule has 0 spiro atoms. The van der Waals surface area contributed by atoms with Crippen LogP contribution in [0.3, 0.4) is 0 Å². The number of hydrogen-bond donors (Lipinski definition) is 2. The maximum atomic E-state index is 11.8. The van der Waals surface area contributed by atoms with Crippen LogP contribution in [0.25, 0.3) is 0 Å². The highest BCUT2D eigenvalue weighted by Gasteiger charge is 2.31. The third kappa shape index (κ3) is 5.92. The lowest BCUT2D eigenvalue weighted by atomic mass is 10.2. The minimum absolute atomic E-state index is 0.0324. The molecule has 0 aliphatic rings. The number of amides is 1. The van der Waals surface area contributed by atoms with Crippen molar-refractivity contribution in [2.24, 2.45) is 0 Å². The third-order valence-corrected chi connectivity index (χ3v) is 1.81. The van der Waals surface area contributed by atoms with Gasteiger partial charge in [-0.2, -0.15) is 0 Å². The topological polar surface area (TPSA) is 70.0 Å². The molecule has 0 fully saturated rings. The number of ether oxygens (including phenoxy) is 1. The molecule has 1 amide bonds. The summed E-state index contributed by atoms with van der Waals surface area (Å²) in [6, 6.07) is 0. The van der Waals surface area contributed by atoms with Crippen LogP contribution in [0.15, 0.2) is 0 Å². The van der Waals surface area contributed by atoms with Gasteiger partial charge in [0.2, 0.25) is 0 Å². The molecule has 0 saturated heterocycles. The fourth-order valence-corrected chi connectivity index (χ4v) is 1.13. The highest BCUT2D eigenvalue weighted by atomic mass is 16.6. The molecule has 0 aromatic carbocycles. The molecule has 0 bridgehead atoms. The van der Waals surface area contributed by atoms with E-state index in [1.54, 1.807) is 20.8 Å². The van der Waals surface area contributed by atoms with E-state index in [4.69, 9.17) is 9.84 Å². The van der Waals surface area contributed by atoms with E-state index in [2.05, 4.69) is 0 Å². The summed E-state index contributed by atoms with van der Waals surface area (Å²) in [5.74, 6) is 0. The molecule has 0 aliphatic carbocycles. The Hall–Kier alpha value is -0.810. The van der Waals surface area contributed by atoms with Crippen molar-refractivity contribution in [3.05, 3.63) is 0 Å². The number of aliphatic hydroxyl groups excluding tert-OH is 1. The molecular formula is C11H23NO4. The Bertz CT molecular complexity index is 227. The maximum Gasteiger partial charge on any atom is 0.412 e. The zero-order valence-electron chi connectivity index (χ0n) is 10.8. The molecular weight excluding hydrogens is 210 g/mol.